The zero-order chi connectivity index (χ0) is 16.2. The number of rotatable bonds is 5. The summed E-state index contributed by atoms with van der Waals surface area (Å²) in [4.78, 5) is 0. The van der Waals surface area contributed by atoms with E-state index in [1.54, 1.807) is 5.56 Å². The summed E-state index contributed by atoms with van der Waals surface area (Å²) in [5, 5.41) is 4.95. The molecule has 0 radical (unpaired) electrons. The molecule has 1 aliphatic heterocycles. The Bertz CT molecular complexity index is 782. The molecule has 0 unspecified atom stereocenters. The van der Waals surface area contributed by atoms with Crippen LogP contribution in [0.5, 0.6) is 0 Å². The molecular formula is C22H26N2. The van der Waals surface area contributed by atoms with Gasteiger partial charge in [-0.15, -0.1) is 0 Å². The number of piperidine rings is 1. The summed E-state index contributed by atoms with van der Waals surface area (Å²) in [6, 6.07) is 19.8. The zero-order valence-corrected chi connectivity index (χ0v) is 14.2. The van der Waals surface area contributed by atoms with Crippen LogP contribution in [-0.4, -0.2) is 17.7 Å². The van der Waals surface area contributed by atoms with Crippen molar-refractivity contribution in [3.8, 4) is 0 Å². The molecule has 1 saturated heterocycles. The topological polar surface area (TPSA) is 17.0 Å². The summed E-state index contributed by atoms with van der Waals surface area (Å²) in [5.74, 6) is 0.714. The van der Waals surface area contributed by atoms with Crippen molar-refractivity contribution >= 4 is 10.9 Å². The Kier molecular flexibility index (Phi) is 4.66. The number of para-hydroxylation sites is 1. The van der Waals surface area contributed by atoms with E-state index >= 15 is 0 Å². The molecule has 124 valence electrons. The summed E-state index contributed by atoms with van der Waals surface area (Å²) < 4.78 is 2.48. The van der Waals surface area contributed by atoms with E-state index in [2.05, 4.69) is 70.7 Å². The summed E-state index contributed by atoms with van der Waals surface area (Å²) >= 11 is 0. The molecular weight excluding hydrogens is 292 g/mol. The largest absolute Gasteiger partial charge is 0.347 e. The Morgan fingerprint density at radius 3 is 2.50 bits per heavy atom. The molecule has 2 aromatic carbocycles. The summed E-state index contributed by atoms with van der Waals surface area (Å²) in [5.41, 5.74) is 4.40. The minimum Gasteiger partial charge on any atom is -0.347 e. The molecule has 0 saturated carbocycles. The molecule has 1 N–H and O–H groups in total. The van der Waals surface area contributed by atoms with Gasteiger partial charge in [0.25, 0.3) is 0 Å². The maximum atomic E-state index is 3.48. The lowest BCUT2D eigenvalue weighted by Gasteiger charge is -2.22. The second-order valence-corrected chi connectivity index (χ2v) is 6.91. The van der Waals surface area contributed by atoms with Crippen molar-refractivity contribution in [2.75, 3.05) is 13.1 Å². The average Bonchev–Trinajstić information content (AvgIpc) is 3.02. The van der Waals surface area contributed by atoms with Gasteiger partial charge in [-0.25, -0.2) is 0 Å². The number of aryl methyl sites for hydroxylation is 2. The van der Waals surface area contributed by atoms with Crippen molar-refractivity contribution < 1.29 is 0 Å². The number of hydrogen-bond donors (Lipinski definition) is 1. The number of aromatic nitrogens is 1. The normalized spacial score (nSPS) is 15.8. The first-order valence-corrected chi connectivity index (χ1v) is 9.24. The number of nitrogens with zero attached hydrogens (tertiary/aromatic N) is 1. The maximum absolute atomic E-state index is 3.48. The van der Waals surface area contributed by atoms with Gasteiger partial charge < -0.3 is 9.88 Å². The Balaban J connectivity index is 1.54. The second kappa shape index (κ2) is 7.23. The van der Waals surface area contributed by atoms with Crippen LogP contribution in [-0.2, 0) is 13.0 Å². The number of fused-ring (bicyclic) bond motifs is 1. The SMILES string of the molecule is c1ccc(CCCn2cc(C3CCNCC3)c3ccccc32)cc1. The van der Waals surface area contributed by atoms with Crippen LogP contribution in [0.2, 0.25) is 0 Å². The van der Waals surface area contributed by atoms with Crippen molar-refractivity contribution in [1.82, 2.24) is 9.88 Å². The summed E-state index contributed by atoms with van der Waals surface area (Å²) in [7, 11) is 0. The Morgan fingerprint density at radius 1 is 0.917 bits per heavy atom. The molecule has 2 heteroatoms. The van der Waals surface area contributed by atoms with Gasteiger partial charge in [-0.1, -0.05) is 48.5 Å². The lowest BCUT2D eigenvalue weighted by molar-refractivity contribution is 0.461. The molecule has 0 spiro atoms. The van der Waals surface area contributed by atoms with Crippen LogP contribution < -0.4 is 5.32 Å². The van der Waals surface area contributed by atoms with E-state index in [-0.39, 0.29) is 0 Å². The van der Waals surface area contributed by atoms with E-state index in [1.165, 1.54) is 35.7 Å². The predicted molar refractivity (Wildman–Crippen MR) is 102 cm³/mol. The fourth-order valence-corrected chi connectivity index (χ4v) is 4.02. The summed E-state index contributed by atoms with van der Waals surface area (Å²) in [6.07, 6.45) is 7.30. The van der Waals surface area contributed by atoms with E-state index in [0.29, 0.717) is 5.92 Å². The highest BCUT2D eigenvalue weighted by molar-refractivity contribution is 5.84. The van der Waals surface area contributed by atoms with Crippen molar-refractivity contribution in [3.63, 3.8) is 0 Å². The zero-order valence-electron chi connectivity index (χ0n) is 14.2. The molecule has 24 heavy (non-hydrogen) atoms. The van der Waals surface area contributed by atoms with Crippen LogP contribution >= 0.6 is 0 Å². The van der Waals surface area contributed by atoms with Gasteiger partial charge in [-0.3, -0.25) is 0 Å². The van der Waals surface area contributed by atoms with Gasteiger partial charge in [-0.2, -0.15) is 0 Å². The highest BCUT2D eigenvalue weighted by Gasteiger charge is 2.19. The van der Waals surface area contributed by atoms with E-state index < -0.39 is 0 Å². The smallest absolute Gasteiger partial charge is 0.0483 e. The van der Waals surface area contributed by atoms with Gasteiger partial charge in [0, 0.05) is 23.6 Å². The molecule has 0 atom stereocenters. The molecule has 3 aromatic rings. The van der Waals surface area contributed by atoms with Crippen molar-refractivity contribution in [1.29, 1.82) is 0 Å². The first-order valence-electron chi connectivity index (χ1n) is 9.24. The van der Waals surface area contributed by atoms with Gasteiger partial charge in [-0.05, 0) is 61.9 Å². The highest BCUT2D eigenvalue weighted by atomic mass is 15.0. The fourth-order valence-electron chi connectivity index (χ4n) is 4.02. The molecule has 2 heterocycles. The summed E-state index contributed by atoms with van der Waals surface area (Å²) in [6.45, 7) is 3.40. The molecule has 1 aliphatic rings. The van der Waals surface area contributed by atoms with Crippen LogP contribution in [0.25, 0.3) is 10.9 Å². The molecule has 2 nitrogen and oxygen atoms in total. The second-order valence-electron chi connectivity index (χ2n) is 6.91. The van der Waals surface area contributed by atoms with E-state index in [0.717, 1.165) is 26.1 Å². The van der Waals surface area contributed by atoms with E-state index in [9.17, 15) is 0 Å². The first-order chi connectivity index (χ1) is 11.9. The molecule has 0 aliphatic carbocycles. The minimum absolute atomic E-state index is 0.714. The van der Waals surface area contributed by atoms with Crippen LogP contribution in [0.1, 0.15) is 36.3 Å². The Labute approximate surface area is 144 Å². The molecule has 1 fully saturated rings. The van der Waals surface area contributed by atoms with Gasteiger partial charge >= 0.3 is 0 Å². The van der Waals surface area contributed by atoms with Gasteiger partial charge in [0.1, 0.15) is 0 Å². The van der Waals surface area contributed by atoms with Gasteiger partial charge in [0.15, 0.2) is 0 Å². The quantitative estimate of drug-likeness (QED) is 0.719. The third kappa shape index (κ3) is 3.25. The van der Waals surface area contributed by atoms with E-state index in [1.807, 2.05) is 0 Å². The lowest BCUT2D eigenvalue weighted by atomic mass is 9.90. The van der Waals surface area contributed by atoms with Gasteiger partial charge in [0.05, 0.1) is 0 Å². The molecule has 1 aromatic heterocycles. The van der Waals surface area contributed by atoms with Crippen molar-refractivity contribution in [3.05, 3.63) is 71.9 Å². The minimum atomic E-state index is 0.714. The van der Waals surface area contributed by atoms with Crippen molar-refractivity contribution in [2.45, 2.75) is 38.1 Å². The number of hydrogen-bond acceptors (Lipinski definition) is 1. The predicted octanol–water partition coefficient (Wildman–Crippen LogP) is 4.74. The maximum Gasteiger partial charge on any atom is 0.0483 e. The van der Waals surface area contributed by atoms with Crippen molar-refractivity contribution in [2.24, 2.45) is 0 Å². The number of benzene rings is 2. The number of nitrogens with one attached hydrogen (secondary N) is 1. The van der Waals surface area contributed by atoms with Crippen LogP contribution in [0, 0.1) is 0 Å². The third-order valence-electron chi connectivity index (χ3n) is 5.31. The van der Waals surface area contributed by atoms with Gasteiger partial charge in [0.2, 0.25) is 0 Å². The van der Waals surface area contributed by atoms with Crippen LogP contribution in [0.4, 0.5) is 0 Å². The standard InChI is InChI=1S/C22H26N2/c1-2-7-18(8-3-1)9-6-16-24-17-21(19-12-14-23-15-13-19)20-10-4-5-11-22(20)24/h1-5,7-8,10-11,17,19,23H,6,9,12-16H2. The average molecular weight is 318 g/mol. The molecule has 4 rings (SSSR count). The van der Waals surface area contributed by atoms with Crippen LogP contribution in [0.3, 0.4) is 0 Å². The Hall–Kier alpha value is -2.06. The first kappa shape index (κ1) is 15.5. The van der Waals surface area contributed by atoms with Crippen LogP contribution in [0.15, 0.2) is 60.8 Å². The molecule has 0 bridgehead atoms. The lowest BCUT2D eigenvalue weighted by Crippen LogP contribution is -2.26. The van der Waals surface area contributed by atoms with E-state index in [4.69, 9.17) is 0 Å². The highest BCUT2D eigenvalue weighted by Crippen LogP contribution is 2.33. The fraction of sp³-hybridized carbons (Fsp3) is 0.364. The molecule has 0 amide bonds. The third-order valence-corrected chi connectivity index (χ3v) is 5.31. The Morgan fingerprint density at radius 2 is 1.67 bits per heavy atom. The monoisotopic (exact) mass is 318 g/mol.